The first-order valence-electron chi connectivity index (χ1n) is 6.53. The number of hydrogen-bond acceptors (Lipinski definition) is 4. The normalized spacial score (nSPS) is 21.6. The van der Waals surface area contributed by atoms with Gasteiger partial charge in [0, 0.05) is 5.69 Å². The minimum atomic E-state index is -0.803. The van der Waals surface area contributed by atoms with E-state index in [-0.39, 0.29) is 12.5 Å². The number of carbonyl (C=O) groups excluding carboxylic acids is 1. The van der Waals surface area contributed by atoms with Gasteiger partial charge in [0.25, 0.3) is 0 Å². The Hall–Kier alpha value is -1.40. The van der Waals surface area contributed by atoms with Gasteiger partial charge in [0.1, 0.15) is 11.7 Å². The minimum absolute atomic E-state index is 0.243. The number of thioether (sulfide) groups is 1. The van der Waals surface area contributed by atoms with Crippen LogP contribution in [-0.4, -0.2) is 34.5 Å². The first-order chi connectivity index (χ1) is 9.61. The Kier molecular flexibility index (Phi) is 5.14. The maximum atomic E-state index is 13.1. The second-order valence-corrected chi connectivity index (χ2v) is 5.69. The maximum Gasteiger partial charge on any atom is 0.236 e. The highest BCUT2D eigenvalue weighted by Gasteiger charge is 2.36. The van der Waals surface area contributed by atoms with Gasteiger partial charge in [-0.05, 0) is 30.4 Å². The third kappa shape index (κ3) is 3.58. The number of nitrogens with zero attached hydrogens (tertiary/aromatic N) is 1. The van der Waals surface area contributed by atoms with Gasteiger partial charge >= 0.3 is 0 Å². The van der Waals surface area contributed by atoms with Gasteiger partial charge in [-0.1, -0.05) is 13.0 Å². The summed E-state index contributed by atoms with van der Waals surface area (Å²) in [6.45, 7) is 2.29. The fraction of sp³-hybridized carbons (Fsp3) is 0.429. The average Bonchev–Trinajstić information content (AvgIpc) is 2.77. The summed E-state index contributed by atoms with van der Waals surface area (Å²) >= 11 is 1.49. The molecule has 1 aromatic carbocycles. The lowest BCUT2D eigenvalue weighted by Gasteiger charge is -2.16. The zero-order valence-corrected chi connectivity index (χ0v) is 12.0. The fourth-order valence-corrected chi connectivity index (χ4v) is 2.99. The zero-order valence-electron chi connectivity index (χ0n) is 11.2. The van der Waals surface area contributed by atoms with E-state index in [1.807, 2.05) is 6.92 Å². The van der Waals surface area contributed by atoms with Gasteiger partial charge in [0.05, 0.1) is 17.7 Å². The molecule has 1 aliphatic rings. The number of carbonyl (C=O) groups is 1. The Labute approximate surface area is 121 Å². The summed E-state index contributed by atoms with van der Waals surface area (Å²) in [5.41, 5.74) is 0.383. The van der Waals surface area contributed by atoms with Crippen LogP contribution >= 0.6 is 11.8 Å². The summed E-state index contributed by atoms with van der Waals surface area (Å²) in [4.78, 5) is 16.4. The molecule has 0 radical (unpaired) electrons. The van der Waals surface area contributed by atoms with Crippen LogP contribution < -0.4 is 5.32 Å². The highest BCUT2D eigenvalue weighted by Crippen LogP contribution is 2.25. The Morgan fingerprint density at radius 3 is 3.10 bits per heavy atom. The molecule has 2 N–H and O–H groups in total. The quantitative estimate of drug-likeness (QED) is 0.896. The van der Waals surface area contributed by atoms with Crippen molar-refractivity contribution in [1.82, 2.24) is 0 Å². The van der Waals surface area contributed by atoms with E-state index in [1.54, 1.807) is 6.07 Å². The molecule has 1 aliphatic heterocycles. The number of benzene rings is 1. The summed E-state index contributed by atoms with van der Waals surface area (Å²) in [6.07, 6.45) is 0.167. The Balaban J connectivity index is 2.05. The number of rotatable bonds is 4. The average molecular weight is 296 g/mol. The third-order valence-corrected chi connectivity index (χ3v) is 4.20. The smallest absolute Gasteiger partial charge is 0.236 e. The van der Waals surface area contributed by atoms with Crippen molar-refractivity contribution in [2.75, 3.05) is 17.6 Å². The zero-order chi connectivity index (χ0) is 14.5. The summed E-state index contributed by atoms with van der Waals surface area (Å²) < 4.78 is 13.1. The summed E-state index contributed by atoms with van der Waals surface area (Å²) in [7, 11) is 0. The van der Waals surface area contributed by atoms with Gasteiger partial charge in [0.15, 0.2) is 0 Å². The van der Waals surface area contributed by atoms with Gasteiger partial charge in [-0.2, -0.15) is 0 Å². The molecule has 20 heavy (non-hydrogen) atoms. The highest BCUT2D eigenvalue weighted by molar-refractivity contribution is 8.14. The number of halogens is 1. The van der Waals surface area contributed by atoms with E-state index in [4.69, 9.17) is 0 Å². The van der Waals surface area contributed by atoms with E-state index in [1.165, 1.54) is 30.0 Å². The molecule has 0 saturated carbocycles. The van der Waals surface area contributed by atoms with E-state index >= 15 is 0 Å². The maximum absolute atomic E-state index is 13.1. The monoisotopic (exact) mass is 296 g/mol. The number of aliphatic hydroxyl groups excluding tert-OH is 1. The molecule has 1 aromatic rings. The summed E-state index contributed by atoms with van der Waals surface area (Å²) in [5.74, 6) is -0.559. The molecule has 0 aliphatic carbocycles. The molecule has 108 valence electrons. The molecule has 0 bridgehead atoms. The van der Waals surface area contributed by atoms with Crippen molar-refractivity contribution in [3.63, 3.8) is 0 Å². The molecule has 1 heterocycles. The third-order valence-electron chi connectivity index (χ3n) is 2.91. The van der Waals surface area contributed by atoms with Crippen molar-refractivity contribution in [2.45, 2.75) is 19.4 Å². The molecule has 4 nitrogen and oxygen atoms in total. The van der Waals surface area contributed by atoms with Crippen LogP contribution in [0.4, 0.5) is 10.1 Å². The summed E-state index contributed by atoms with van der Waals surface area (Å²) in [6, 6.07) is 5.69. The number of amides is 1. The van der Waals surface area contributed by atoms with Crippen LogP contribution in [-0.2, 0) is 4.79 Å². The first kappa shape index (κ1) is 15.0. The Bertz CT molecular complexity index is 522. The molecule has 2 rings (SSSR count). The number of aliphatic imine (C=N–C) groups is 1. The molecular formula is C14H17FN2O2S. The van der Waals surface area contributed by atoms with E-state index in [0.717, 1.165) is 12.2 Å². The Morgan fingerprint density at radius 2 is 2.40 bits per heavy atom. The van der Waals surface area contributed by atoms with Crippen LogP contribution in [0.3, 0.4) is 0 Å². The fourth-order valence-electron chi connectivity index (χ4n) is 1.97. The number of hydrogen-bond donors (Lipinski definition) is 2. The van der Waals surface area contributed by atoms with Gasteiger partial charge in [-0.15, -0.1) is 11.8 Å². The van der Waals surface area contributed by atoms with Crippen LogP contribution in [0.2, 0.25) is 0 Å². The van der Waals surface area contributed by atoms with Crippen LogP contribution in [0.15, 0.2) is 29.3 Å². The van der Waals surface area contributed by atoms with E-state index in [0.29, 0.717) is 10.7 Å². The predicted molar refractivity (Wildman–Crippen MR) is 79.6 cm³/mol. The molecule has 0 aromatic heterocycles. The van der Waals surface area contributed by atoms with E-state index < -0.39 is 17.8 Å². The van der Waals surface area contributed by atoms with Crippen molar-refractivity contribution < 1.29 is 14.3 Å². The topological polar surface area (TPSA) is 61.7 Å². The van der Waals surface area contributed by atoms with Gasteiger partial charge in [0.2, 0.25) is 5.91 Å². The molecule has 2 unspecified atom stereocenters. The van der Waals surface area contributed by atoms with Gasteiger partial charge < -0.3 is 10.4 Å². The van der Waals surface area contributed by atoms with Crippen LogP contribution in [0.1, 0.15) is 13.3 Å². The lowest BCUT2D eigenvalue weighted by atomic mass is 10.1. The highest BCUT2D eigenvalue weighted by atomic mass is 32.2. The second kappa shape index (κ2) is 6.85. The van der Waals surface area contributed by atoms with Gasteiger partial charge in [-0.25, -0.2) is 4.39 Å². The molecule has 1 amide bonds. The molecule has 0 fully saturated rings. The number of anilines is 1. The Morgan fingerprint density at radius 1 is 1.60 bits per heavy atom. The largest absolute Gasteiger partial charge is 0.390 e. The lowest BCUT2D eigenvalue weighted by molar-refractivity contribution is -0.120. The van der Waals surface area contributed by atoms with Gasteiger partial charge in [-0.3, -0.25) is 9.79 Å². The molecule has 2 atom stereocenters. The van der Waals surface area contributed by atoms with E-state index in [2.05, 4.69) is 10.3 Å². The SMILES string of the molecule is CCCSC1=NCC(O)C1C(=O)Nc1cccc(F)c1. The summed E-state index contributed by atoms with van der Waals surface area (Å²) in [5, 5.41) is 13.2. The molecular weight excluding hydrogens is 279 g/mol. The van der Waals surface area contributed by atoms with Crippen molar-refractivity contribution in [1.29, 1.82) is 0 Å². The molecule has 6 heteroatoms. The number of nitrogens with one attached hydrogen (secondary N) is 1. The number of aliphatic hydroxyl groups is 1. The van der Waals surface area contributed by atoms with Crippen LogP contribution in [0.5, 0.6) is 0 Å². The van der Waals surface area contributed by atoms with Crippen LogP contribution in [0.25, 0.3) is 0 Å². The first-order valence-corrected chi connectivity index (χ1v) is 7.52. The lowest BCUT2D eigenvalue weighted by Crippen LogP contribution is -2.35. The second-order valence-electron chi connectivity index (χ2n) is 4.57. The van der Waals surface area contributed by atoms with Crippen molar-refractivity contribution in [2.24, 2.45) is 10.9 Å². The predicted octanol–water partition coefficient (Wildman–Crippen LogP) is 2.30. The standard InChI is InChI=1S/C14H17FN2O2S/c1-2-6-20-14-12(11(18)8-16-14)13(19)17-10-5-3-4-9(15)7-10/h3-5,7,11-12,18H,2,6,8H2,1H3,(H,17,19). The molecule has 0 saturated heterocycles. The molecule has 0 spiro atoms. The van der Waals surface area contributed by atoms with Crippen LogP contribution in [0, 0.1) is 11.7 Å². The van der Waals surface area contributed by atoms with Crippen molar-refractivity contribution >= 4 is 28.4 Å². The minimum Gasteiger partial charge on any atom is -0.390 e. The van der Waals surface area contributed by atoms with Crippen molar-refractivity contribution in [3.8, 4) is 0 Å². The van der Waals surface area contributed by atoms with E-state index in [9.17, 15) is 14.3 Å². The van der Waals surface area contributed by atoms with Crippen molar-refractivity contribution in [3.05, 3.63) is 30.1 Å².